The molecule has 0 rings (SSSR count). The van der Waals surface area contributed by atoms with Gasteiger partial charge in [0.1, 0.15) is 6.29 Å². The van der Waals surface area contributed by atoms with Gasteiger partial charge in [-0.15, -0.1) is 17.0 Å². The van der Waals surface area contributed by atoms with Crippen molar-refractivity contribution in [3.63, 3.8) is 0 Å². The second-order valence-electron chi connectivity index (χ2n) is 1.59. The van der Waals surface area contributed by atoms with Crippen LogP contribution in [0.5, 0.6) is 0 Å². The second kappa shape index (κ2) is 203. The summed E-state index contributed by atoms with van der Waals surface area (Å²) in [7, 11) is 1.68. The molecule has 0 saturated carbocycles. The molecule has 0 spiro atoms. The molecule has 161 valence electrons. The van der Waals surface area contributed by atoms with Crippen LogP contribution in [0.15, 0.2) is 0 Å². The van der Waals surface area contributed by atoms with Crippen LogP contribution >= 0.6 is 32.9 Å². The first kappa shape index (κ1) is 96.0. The Bertz CT molecular complexity index is 129. The monoisotopic (exact) mass is 591 g/mol. The molecule has 0 aliphatic rings. The van der Waals surface area contributed by atoms with Gasteiger partial charge in [0.05, 0.1) is 0 Å². The summed E-state index contributed by atoms with van der Waals surface area (Å²) in [6.45, 7) is 12.0. The number of hydrogen-bond donors (Lipinski definition) is 1. The zero-order chi connectivity index (χ0) is 16.9. The summed E-state index contributed by atoms with van der Waals surface area (Å²) in [6.07, 6.45) is 0.750. The van der Waals surface area contributed by atoms with E-state index in [2.05, 4.69) is 25.6 Å². The molecule has 0 heterocycles. The van der Waals surface area contributed by atoms with Gasteiger partial charge in [0.15, 0.2) is 0 Å². The van der Waals surface area contributed by atoms with Crippen molar-refractivity contribution in [3.05, 3.63) is 0 Å². The number of aliphatic hydroxyl groups is 1. The van der Waals surface area contributed by atoms with Crippen LogP contribution in [-0.2, 0) is 19.2 Å². The van der Waals surface area contributed by atoms with Gasteiger partial charge >= 0.3 is 132 Å². The third-order valence-electron chi connectivity index (χ3n) is 0.328. The van der Waals surface area contributed by atoms with Crippen molar-refractivity contribution in [2.45, 2.75) is 63.8 Å². The minimum absolute atomic E-state index is 0. The molecule has 3 radical (unpaired) electrons. The molecule has 0 saturated heterocycles. The molecule has 0 fully saturated rings. The van der Waals surface area contributed by atoms with E-state index in [-0.39, 0.29) is 196 Å². The van der Waals surface area contributed by atoms with Crippen LogP contribution in [0.25, 0.3) is 0 Å². The minimum atomic E-state index is -0.181. The normalized spacial score (nSPS) is 3.93. The van der Waals surface area contributed by atoms with E-state index in [9.17, 15) is 0 Å². The van der Waals surface area contributed by atoms with Gasteiger partial charge in [0, 0.05) is 34.1 Å². The van der Waals surface area contributed by atoms with E-state index in [0.717, 1.165) is 18.2 Å². The number of aldehydes is 1. The Morgan fingerprint density at radius 3 is 1.15 bits per heavy atom. The number of methoxy groups -OCH3 is 1. The Morgan fingerprint density at radius 1 is 1.07 bits per heavy atom. The molecule has 0 unspecified atom stereocenters. The molecule has 0 bridgehead atoms. The van der Waals surface area contributed by atoms with Crippen LogP contribution in [0.4, 0.5) is 0 Å². The average molecular weight is 593 g/mol. The summed E-state index contributed by atoms with van der Waals surface area (Å²) in [5.74, 6) is 0. The number of rotatable bonds is 2. The SMILES string of the molecule is Br.C.C.C.CC.CC=O.CCBr.CCO.CCOC.O=CO[O-].[B].[H-].[H-].[K+].[K+].[Na+]. The fourth-order valence-electron chi connectivity index (χ4n) is 0. The Labute approximate surface area is 302 Å². The van der Waals surface area contributed by atoms with Crippen LogP contribution in [0.2, 0.25) is 0 Å². The first-order chi connectivity index (χ1) is 9.07. The summed E-state index contributed by atoms with van der Waals surface area (Å²) in [5.41, 5.74) is 0. The number of hydrogen-bond acceptors (Lipinski definition) is 6. The fraction of sp³-hybridized carbons (Fsp3) is 0.867. The molecule has 12 heteroatoms. The Hall–Kier alpha value is 4.32. The molecule has 0 aromatic heterocycles. The largest absolute Gasteiger partial charge is 1.00 e. The molecular formula is C15H45BBr2K2NaO6. The summed E-state index contributed by atoms with van der Waals surface area (Å²) in [4.78, 5) is 20.1. The maximum Gasteiger partial charge on any atom is 1.00 e. The minimum Gasteiger partial charge on any atom is -1.00 e. The summed E-state index contributed by atoms with van der Waals surface area (Å²) >= 11 is 3.15. The second-order valence-corrected chi connectivity index (χ2v) is 2.71. The maximum absolute atomic E-state index is 8.81. The third-order valence-corrected chi connectivity index (χ3v) is 0.328. The van der Waals surface area contributed by atoms with E-state index >= 15 is 0 Å². The van der Waals surface area contributed by atoms with E-state index < -0.39 is 0 Å². The molecule has 27 heavy (non-hydrogen) atoms. The molecule has 0 aliphatic heterocycles. The van der Waals surface area contributed by atoms with E-state index in [1.807, 2.05) is 27.7 Å². The predicted octanol–water partition coefficient (Wildman–Crippen LogP) is -4.94. The molecule has 0 aromatic rings. The molecule has 0 aliphatic carbocycles. The van der Waals surface area contributed by atoms with Crippen molar-refractivity contribution in [2.24, 2.45) is 0 Å². The number of carbonyl (C=O) groups excluding carboxylic acids is 2. The number of aliphatic hydroxyl groups excluding tert-OH is 1. The topological polar surface area (TPSA) is 95.9 Å². The fourth-order valence-corrected chi connectivity index (χ4v) is 0. The van der Waals surface area contributed by atoms with E-state index in [0.29, 0.717) is 0 Å². The van der Waals surface area contributed by atoms with Crippen LogP contribution in [0.3, 0.4) is 0 Å². The number of alkyl halides is 1. The maximum atomic E-state index is 8.81. The first-order valence-corrected chi connectivity index (χ1v) is 6.97. The van der Waals surface area contributed by atoms with Gasteiger partial charge in [0.2, 0.25) is 0 Å². The van der Waals surface area contributed by atoms with E-state index in [4.69, 9.17) is 20.0 Å². The first-order valence-electron chi connectivity index (χ1n) is 5.85. The zero-order valence-electron chi connectivity index (χ0n) is 19.1. The molecular weight excluding hydrogens is 548 g/mol. The van der Waals surface area contributed by atoms with E-state index in [1.165, 1.54) is 6.92 Å². The number of halogens is 2. The Morgan fingerprint density at radius 2 is 1.15 bits per heavy atom. The van der Waals surface area contributed by atoms with Gasteiger partial charge < -0.3 is 27.6 Å². The van der Waals surface area contributed by atoms with Gasteiger partial charge in [-0.2, -0.15) is 0 Å². The van der Waals surface area contributed by atoms with Crippen molar-refractivity contribution in [1.29, 1.82) is 0 Å². The standard InChI is InChI=1S/C3H8O.C2H5Br.C2H6O.C2H4O.C2H6.CH2O3.3CH4.B.BrH.2K.Na.2H/c1-3-4-2;3*1-2-3;1-2;2-1-4-3;;;;;;;;;;/h3H2,1-2H3;2H2,1H3;3H,2H2,1H3;2H,1H3;1-2H3;1,3H;3*1H4;;1H;;;;;/q;;;;;;;;;;;3*+1;2*-1/p-1. The van der Waals surface area contributed by atoms with Crippen molar-refractivity contribution in [1.82, 2.24) is 0 Å². The van der Waals surface area contributed by atoms with Gasteiger partial charge in [-0.3, -0.25) is 4.79 Å². The molecule has 0 amide bonds. The Balaban J connectivity index is -0.00000000472. The molecule has 0 aromatic carbocycles. The molecule has 6 nitrogen and oxygen atoms in total. The number of ether oxygens (including phenoxy) is 1. The predicted molar refractivity (Wildman–Crippen MR) is 119 cm³/mol. The quantitative estimate of drug-likeness (QED) is 0.114. The van der Waals surface area contributed by atoms with Crippen molar-refractivity contribution in [3.8, 4) is 0 Å². The van der Waals surface area contributed by atoms with Crippen molar-refractivity contribution >= 4 is 54.1 Å². The van der Waals surface area contributed by atoms with E-state index in [1.54, 1.807) is 14.0 Å². The van der Waals surface area contributed by atoms with Crippen LogP contribution in [0, 0.1) is 0 Å². The van der Waals surface area contributed by atoms with Crippen LogP contribution in [-0.4, -0.2) is 51.9 Å². The van der Waals surface area contributed by atoms with Crippen LogP contribution < -0.4 is 138 Å². The smallest absolute Gasteiger partial charge is 1.00 e. The number of carbonyl (C=O) groups is 2. The third kappa shape index (κ3) is 609. The van der Waals surface area contributed by atoms with Gasteiger partial charge in [-0.1, -0.05) is 59.0 Å². The zero-order valence-corrected chi connectivity index (χ0v) is 28.7. The van der Waals surface area contributed by atoms with Gasteiger partial charge in [0.25, 0.3) is 6.47 Å². The summed E-state index contributed by atoms with van der Waals surface area (Å²) in [6, 6.07) is 0. The van der Waals surface area contributed by atoms with Crippen molar-refractivity contribution < 1.29 is 165 Å². The molecule has 1 N–H and O–H groups in total. The van der Waals surface area contributed by atoms with Gasteiger partial charge in [-0.05, 0) is 20.8 Å². The summed E-state index contributed by atoms with van der Waals surface area (Å²) in [5, 5.41) is 17.1. The van der Waals surface area contributed by atoms with Crippen LogP contribution in [0.1, 0.15) is 66.7 Å². The summed E-state index contributed by atoms with van der Waals surface area (Å²) < 4.78 is 4.54. The average Bonchev–Trinajstić information content (AvgIpc) is 2.43. The Kier molecular flexibility index (Phi) is 723. The van der Waals surface area contributed by atoms with Gasteiger partial charge in [-0.25, -0.2) is 0 Å². The van der Waals surface area contributed by atoms with Crippen molar-refractivity contribution in [2.75, 3.05) is 25.7 Å². The molecule has 0 atom stereocenters.